The van der Waals surface area contributed by atoms with Crippen molar-refractivity contribution in [2.75, 3.05) is 12.8 Å². The van der Waals surface area contributed by atoms with E-state index in [4.69, 9.17) is 4.74 Å². The molecule has 1 aliphatic carbocycles. The zero-order valence-electron chi connectivity index (χ0n) is 13.4. The summed E-state index contributed by atoms with van der Waals surface area (Å²) in [5.41, 5.74) is 0.351. The molecule has 7 heteroatoms. The van der Waals surface area contributed by atoms with Gasteiger partial charge in [0.2, 0.25) is 10.0 Å². The maximum Gasteiger partial charge on any atom is 0.407 e. The number of ether oxygens (including phenoxy) is 1. The van der Waals surface area contributed by atoms with Crippen molar-refractivity contribution in [1.82, 2.24) is 10.0 Å². The summed E-state index contributed by atoms with van der Waals surface area (Å²) < 4.78 is 30.5. The van der Waals surface area contributed by atoms with Crippen LogP contribution >= 0.6 is 0 Å². The minimum Gasteiger partial charge on any atom is -0.445 e. The molecule has 1 aliphatic rings. The van der Waals surface area contributed by atoms with Crippen molar-refractivity contribution in [2.24, 2.45) is 0 Å². The smallest absolute Gasteiger partial charge is 0.407 e. The summed E-state index contributed by atoms with van der Waals surface area (Å²) in [6.07, 6.45) is 5.13. The summed E-state index contributed by atoms with van der Waals surface area (Å²) in [5.74, 6) is 0. The SMILES string of the molecule is CS(=O)(=O)NCC1(NC(=O)OCc2ccccc2)CCCCC1. The van der Waals surface area contributed by atoms with E-state index in [9.17, 15) is 13.2 Å². The van der Waals surface area contributed by atoms with Crippen LogP contribution in [0.25, 0.3) is 0 Å². The second kappa shape index (κ2) is 7.79. The summed E-state index contributed by atoms with van der Waals surface area (Å²) in [4.78, 5) is 12.1. The molecule has 6 nitrogen and oxygen atoms in total. The molecule has 0 aliphatic heterocycles. The number of alkyl carbamates (subject to hydrolysis) is 1. The van der Waals surface area contributed by atoms with Crippen molar-refractivity contribution in [1.29, 1.82) is 0 Å². The molecule has 0 spiro atoms. The Kier molecular flexibility index (Phi) is 6.01. The molecule has 0 saturated heterocycles. The second-order valence-corrected chi connectivity index (χ2v) is 7.95. The molecule has 1 aromatic rings. The lowest BCUT2D eigenvalue weighted by molar-refractivity contribution is 0.118. The highest BCUT2D eigenvalue weighted by molar-refractivity contribution is 7.88. The number of amides is 1. The fourth-order valence-electron chi connectivity index (χ4n) is 2.82. The van der Waals surface area contributed by atoms with Crippen LogP contribution in [0.15, 0.2) is 30.3 Å². The van der Waals surface area contributed by atoms with Crippen molar-refractivity contribution >= 4 is 16.1 Å². The van der Waals surface area contributed by atoms with Gasteiger partial charge in [0.25, 0.3) is 0 Å². The Labute approximate surface area is 137 Å². The first-order valence-electron chi connectivity index (χ1n) is 7.82. The molecule has 2 rings (SSSR count). The Balaban J connectivity index is 1.92. The zero-order chi connectivity index (χ0) is 16.8. The molecule has 1 saturated carbocycles. The predicted molar refractivity (Wildman–Crippen MR) is 88.4 cm³/mol. The van der Waals surface area contributed by atoms with Crippen molar-refractivity contribution < 1.29 is 17.9 Å². The second-order valence-electron chi connectivity index (χ2n) is 6.12. The van der Waals surface area contributed by atoms with Crippen LogP contribution in [0.1, 0.15) is 37.7 Å². The van der Waals surface area contributed by atoms with Crippen LogP contribution in [0.5, 0.6) is 0 Å². The van der Waals surface area contributed by atoms with Crippen LogP contribution in [0.2, 0.25) is 0 Å². The van der Waals surface area contributed by atoms with Gasteiger partial charge in [-0.15, -0.1) is 0 Å². The molecule has 0 aromatic heterocycles. The molecule has 0 atom stereocenters. The van der Waals surface area contributed by atoms with Gasteiger partial charge < -0.3 is 10.1 Å². The fraction of sp³-hybridized carbons (Fsp3) is 0.562. The van der Waals surface area contributed by atoms with E-state index in [2.05, 4.69) is 10.0 Å². The van der Waals surface area contributed by atoms with E-state index in [1.165, 1.54) is 0 Å². The van der Waals surface area contributed by atoms with E-state index in [0.717, 1.165) is 43.9 Å². The normalized spacial score (nSPS) is 17.4. The van der Waals surface area contributed by atoms with Crippen LogP contribution < -0.4 is 10.0 Å². The lowest BCUT2D eigenvalue weighted by Crippen LogP contribution is -2.56. The summed E-state index contributed by atoms with van der Waals surface area (Å²) in [6.45, 7) is 0.397. The van der Waals surface area contributed by atoms with E-state index in [-0.39, 0.29) is 13.2 Å². The van der Waals surface area contributed by atoms with Gasteiger partial charge in [0, 0.05) is 6.54 Å². The number of sulfonamides is 1. The van der Waals surface area contributed by atoms with Crippen molar-refractivity contribution in [3.05, 3.63) is 35.9 Å². The number of rotatable bonds is 6. The standard InChI is InChI=1S/C16H24N2O4S/c1-23(20,21)17-13-16(10-6-3-7-11-16)18-15(19)22-12-14-8-4-2-5-9-14/h2,4-5,8-9,17H,3,6-7,10-13H2,1H3,(H,18,19). The number of hydrogen-bond donors (Lipinski definition) is 2. The third-order valence-corrected chi connectivity index (χ3v) is 4.73. The van der Waals surface area contributed by atoms with Crippen LogP contribution in [0.4, 0.5) is 4.79 Å². The monoisotopic (exact) mass is 340 g/mol. The van der Waals surface area contributed by atoms with E-state index >= 15 is 0 Å². The van der Waals surface area contributed by atoms with Gasteiger partial charge in [0.15, 0.2) is 0 Å². The minimum absolute atomic E-state index is 0.197. The predicted octanol–water partition coefficient (Wildman–Crippen LogP) is 2.16. The third kappa shape index (κ3) is 6.19. The van der Waals surface area contributed by atoms with Crippen molar-refractivity contribution in [3.63, 3.8) is 0 Å². The molecule has 0 heterocycles. The molecular formula is C16H24N2O4S. The maximum absolute atomic E-state index is 12.1. The van der Waals surface area contributed by atoms with E-state index in [0.29, 0.717) is 0 Å². The van der Waals surface area contributed by atoms with Gasteiger partial charge >= 0.3 is 6.09 Å². The van der Waals surface area contributed by atoms with Crippen LogP contribution in [-0.4, -0.2) is 32.9 Å². The summed E-state index contributed by atoms with van der Waals surface area (Å²) >= 11 is 0. The molecule has 1 amide bonds. The Bertz CT molecular complexity index is 610. The molecule has 0 radical (unpaired) electrons. The molecule has 2 N–H and O–H groups in total. The Morgan fingerprint density at radius 2 is 1.83 bits per heavy atom. The molecule has 128 valence electrons. The van der Waals surface area contributed by atoms with Gasteiger partial charge in [-0.3, -0.25) is 0 Å². The largest absolute Gasteiger partial charge is 0.445 e. The molecule has 0 bridgehead atoms. The third-order valence-electron chi connectivity index (χ3n) is 4.06. The van der Waals surface area contributed by atoms with Crippen LogP contribution in [-0.2, 0) is 21.4 Å². The van der Waals surface area contributed by atoms with Gasteiger partial charge in [0.1, 0.15) is 6.61 Å². The average Bonchev–Trinajstić information content (AvgIpc) is 2.52. The molecule has 0 unspecified atom stereocenters. The quantitative estimate of drug-likeness (QED) is 0.831. The van der Waals surface area contributed by atoms with Gasteiger partial charge in [-0.2, -0.15) is 0 Å². The highest BCUT2D eigenvalue weighted by Crippen LogP contribution is 2.28. The highest BCUT2D eigenvalue weighted by Gasteiger charge is 2.34. The van der Waals surface area contributed by atoms with Gasteiger partial charge in [-0.1, -0.05) is 49.6 Å². The fourth-order valence-corrected chi connectivity index (χ4v) is 3.36. The number of benzene rings is 1. The zero-order valence-corrected chi connectivity index (χ0v) is 14.2. The molecule has 23 heavy (non-hydrogen) atoms. The maximum atomic E-state index is 12.1. The first-order valence-corrected chi connectivity index (χ1v) is 9.71. The topological polar surface area (TPSA) is 84.5 Å². The van der Waals surface area contributed by atoms with E-state index < -0.39 is 21.7 Å². The lowest BCUT2D eigenvalue weighted by Gasteiger charge is -2.37. The number of carbonyl (C=O) groups excluding carboxylic acids is 1. The van der Waals surface area contributed by atoms with E-state index in [1.807, 2.05) is 30.3 Å². The van der Waals surface area contributed by atoms with Gasteiger partial charge in [-0.05, 0) is 18.4 Å². The van der Waals surface area contributed by atoms with Crippen molar-refractivity contribution in [3.8, 4) is 0 Å². The Morgan fingerprint density at radius 3 is 2.43 bits per heavy atom. The average molecular weight is 340 g/mol. The van der Waals surface area contributed by atoms with Gasteiger partial charge in [-0.25, -0.2) is 17.9 Å². The summed E-state index contributed by atoms with van der Waals surface area (Å²) in [6, 6.07) is 9.44. The molecule has 1 fully saturated rings. The number of hydrogen-bond acceptors (Lipinski definition) is 4. The molecule has 1 aromatic carbocycles. The molecular weight excluding hydrogens is 316 g/mol. The first kappa shape index (κ1) is 17.7. The van der Waals surface area contributed by atoms with Crippen LogP contribution in [0.3, 0.4) is 0 Å². The lowest BCUT2D eigenvalue weighted by atomic mass is 9.82. The summed E-state index contributed by atoms with van der Waals surface area (Å²) in [7, 11) is -3.29. The Morgan fingerprint density at radius 1 is 1.17 bits per heavy atom. The van der Waals surface area contributed by atoms with Crippen molar-refractivity contribution in [2.45, 2.75) is 44.2 Å². The van der Waals surface area contributed by atoms with E-state index in [1.54, 1.807) is 0 Å². The number of carbonyl (C=O) groups is 1. The highest BCUT2D eigenvalue weighted by atomic mass is 32.2. The Hall–Kier alpha value is -1.60. The van der Waals surface area contributed by atoms with Crippen LogP contribution in [0, 0.1) is 0 Å². The minimum atomic E-state index is -3.29. The number of nitrogens with one attached hydrogen (secondary N) is 2. The first-order chi connectivity index (χ1) is 10.9. The van der Waals surface area contributed by atoms with Gasteiger partial charge in [0.05, 0.1) is 11.8 Å². The summed E-state index contributed by atoms with van der Waals surface area (Å²) in [5, 5.41) is 2.89.